The van der Waals surface area contributed by atoms with E-state index in [1.165, 1.54) is 17.4 Å². The Morgan fingerprint density at radius 1 is 1.24 bits per heavy atom. The summed E-state index contributed by atoms with van der Waals surface area (Å²) in [6, 6.07) is 5.62. The van der Waals surface area contributed by atoms with Crippen LogP contribution in [0.1, 0.15) is 57.6 Å². The van der Waals surface area contributed by atoms with Gasteiger partial charge in [0, 0.05) is 5.71 Å². The van der Waals surface area contributed by atoms with E-state index in [0.717, 1.165) is 29.3 Å². The van der Waals surface area contributed by atoms with Crippen LogP contribution in [0.15, 0.2) is 33.5 Å². The molecule has 1 fully saturated rings. The number of pyridine rings is 1. The van der Waals surface area contributed by atoms with E-state index in [-0.39, 0.29) is 11.1 Å². The smallest absolute Gasteiger partial charge is 0.266 e. The van der Waals surface area contributed by atoms with Gasteiger partial charge in [0.05, 0.1) is 16.1 Å². The Hall–Kier alpha value is -2.40. The molecule has 0 aliphatic heterocycles. The summed E-state index contributed by atoms with van der Waals surface area (Å²) < 4.78 is 41.3. The second-order valence-corrected chi connectivity index (χ2v) is 9.28. The molecule has 1 aliphatic carbocycles. The molecule has 0 spiro atoms. The van der Waals surface area contributed by atoms with Crippen LogP contribution in [0.5, 0.6) is 0 Å². The van der Waals surface area contributed by atoms with Crippen molar-refractivity contribution in [3.63, 3.8) is 0 Å². The lowest BCUT2D eigenvalue weighted by atomic mass is 9.72. The molecule has 0 N–H and O–H groups in total. The fourth-order valence-corrected chi connectivity index (χ4v) is 4.42. The Morgan fingerprint density at radius 3 is 2.38 bits per heavy atom. The van der Waals surface area contributed by atoms with Crippen molar-refractivity contribution >= 4 is 17.0 Å². The first-order chi connectivity index (χ1) is 13.5. The molecule has 0 amide bonds. The van der Waals surface area contributed by atoms with Gasteiger partial charge in [0.15, 0.2) is 0 Å². The largest absolute Gasteiger partial charge is 0.417 e. The first kappa shape index (κ1) is 21.3. The van der Waals surface area contributed by atoms with E-state index in [1.54, 1.807) is 17.5 Å². The van der Waals surface area contributed by atoms with Crippen molar-refractivity contribution in [1.29, 1.82) is 5.26 Å². The van der Waals surface area contributed by atoms with Gasteiger partial charge in [0.25, 0.3) is 5.56 Å². The Kier molecular flexibility index (Phi) is 5.72. The van der Waals surface area contributed by atoms with Gasteiger partial charge in [-0.1, -0.05) is 26.8 Å². The van der Waals surface area contributed by atoms with Crippen LogP contribution in [0.4, 0.5) is 13.2 Å². The van der Waals surface area contributed by atoms with Crippen molar-refractivity contribution < 1.29 is 13.2 Å². The molecule has 29 heavy (non-hydrogen) atoms. The molecule has 0 saturated heterocycles. The fraction of sp³-hybridized carbons (Fsp3) is 0.476. The van der Waals surface area contributed by atoms with E-state index in [9.17, 15) is 23.2 Å². The van der Waals surface area contributed by atoms with Gasteiger partial charge in [-0.05, 0) is 54.5 Å². The average molecular weight is 421 g/mol. The summed E-state index contributed by atoms with van der Waals surface area (Å²) in [5.41, 5.74) is -2.17. The van der Waals surface area contributed by atoms with Gasteiger partial charge in [-0.3, -0.25) is 4.79 Å². The number of nitrogens with zero attached hydrogens (tertiary/aromatic N) is 3. The van der Waals surface area contributed by atoms with Crippen molar-refractivity contribution in [3.05, 3.63) is 45.1 Å². The summed E-state index contributed by atoms with van der Waals surface area (Å²) in [7, 11) is 0. The Labute approximate surface area is 171 Å². The van der Waals surface area contributed by atoms with Gasteiger partial charge in [-0.2, -0.15) is 28.2 Å². The number of nitriles is 1. The first-order valence-electron chi connectivity index (χ1n) is 9.40. The predicted molar refractivity (Wildman–Crippen MR) is 108 cm³/mol. The maximum atomic E-state index is 13.5. The van der Waals surface area contributed by atoms with Gasteiger partial charge in [0.2, 0.25) is 0 Å². The lowest BCUT2D eigenvalue weighted by Crippen LogP contribution is -2.29. The highest BCUT2D eigenvalue weighted by Crippen LogP contribution is 2.38. The third kappa shape index (κ3) is 4.45. The lowest BCUT2D eigenvalue weighted by molar-refractivity contribution is -0.137. The molecule has 2 aromatic rings. The molecule has 2 aromatic heterocycles. The van der Waals surface area contributed by atoms with Crippen molar-refractivity contribution in [2.75, 3.05) is 0 Å². The molecule has 0 unspecified atom stereocenters. The highest BCUT2D eigenvalue weighted by Gasteiger charge is 2.37. The van der Waals surface area contributed by atoms with Crippen LogP contribution in [-0.2, 0) is 6.18 Å². The van der Waals surface area contributed by atoms with E-state index in [1.807, 2.05) is 0 Å². The molecule has 0 atom stereocenters. The maximum absolute atomic E-state index is 13.5. The molecule has 2 heterocycles. The molecule has 1 aliphatic rings. The zero-order chi connectivity index (χ0) is 21.4. The maximum Gasteiger partial charge on any atom is 0.417 e. The summed E-state index contributed by atoms with van der Waals surface area (Å²) in [4.78, 5) is 13.3. The number of thiophene rings is 1. The molecular formula is C21H22F3N3OS. The minimum atomic E-state index is -4.80. The van der Waals surface area contributed by atoms with Gasteiger partial charge in [0.1, 0.15) is 11.6 Å². The molecule has 0 bridgehead atoms. The zero-order valence-electron chi connectivity index (χ0n) is 16.5. The summed E-state index contributed by atoms with van der Waals surface area (Å²) in [5.74, 6) is 0.525. The molecule has 8 heteroatoms. The molecular weight excluding hydrogens is 399 g/mol. The number of alkyl halides is 3. The van der Waals surface area contributed by atoms with Gasteiger partial charge in [-0.25, -0.2) is 0 Å². The lowest BCUT2D eigenvalue weighted by Gasteiger charge is -2.34. The number of hydrogen-bond acceptors (Lipinski definition) is 4. The third-order valence-corrected chi connectivity index (χ3v) is 6.30. The highest BCUT2D eigenvalue weighted by molar-refractivity contribution is 7.13. The van der Waals surface area contributed by atoms with Crippen molar-refractivity contribution in [1.82, 2.24) is 4.68 Å². The zero-order valence-corrected chi connectivity index (χ0v) is 17.3. The van der Waals surface area contributed by atoms with Crippen molar-refractivity contribution in [2.24, 2.45) is 16.4 Å². The monoisotopic (exact) mass is 421 g/mol. The van der Waals surface area contributed by atoms with Gasteiger partial charge >= 0.3 is 6.18 Å². The minimum Gasteiger partial charge on any atom is -0.266 e. The quantitative estimate of drug-likeness (QED) is 0.605. The summed E-state index contributed by atoms with van der Waals surface area (Å²) in [5, 5.41) is 15.4. The van der Waals surface area contributed by atoms with Gasteiger partial charge in [-0.15, -0.1) is 11.3 Å². The van der Waals surface area contributed by atoms with Crippen LogP contribution < -0.4 is 5.56 Å². The van der Waals surface area contributed by atoms with E-state index >= 15 is 0 Å². The second kappa shape index (κ2) is 7.79. The first-order valence-corrected chi connectivity index (χ1v) is 10.3. The van der Waals surface area contributed by atoms with Crippen molar-refractivity contribution in [3.8, 4) is 16.6 Å². The standard InChI is InChI=1S/C21H22F3N3OS/c1-20(2,3)13-6-8-14(9-7-13)26-27-17(18-5-4-10-29-18)11-16(21(22,23)24)15(12-25)19(27)28/h4-5,10-11,13H,6-9H2,1-3H3. The second-order valence-electron chi connectivity index (χ2n) is 8.33. The van der Waals surface area contributed by atoms with E-state index in [2.05, 4.69) is 25.9 Å². The number of halogens is 3. The molecule has 4 nitrogen and oxygen atoms in total. The summed E-state index contributed by atoms with van der Waals surface area (Å²) in [6.45, 7) is 6.57. The number of hydrogen-bond donors (Lipinski definition) is 0. The van der Waals surface area contributed by atoms with Crippen LogP contribution >= 0.6 is 11.3 Å². The highest BCUT2D eigenvalue weighted by atomic mass is 32.1. The number of aromatic nitrogens is 1. The fourth-order valence-electron chi connectivity index (χ4n) is 3.69. The summed E-state index contributed by atoms with van der Waals surface area (Å²) in [6.07, 6.45) is -1.61. The molecule has 3 rings (SSSR count). The third-order valence-electron chi connectivity index (χ3n) is 5.40. The predicted octanol–water partition coefficient (Wildman–Crippen LogP) is 5.91. The van der Waals surface area contributed by atoms with E-state index in [4.69, 9.17) is 0 Å². The number of rotatable bonds is 2. The van der Waals surface area contributed by atoms with Crippen molar-refractivity contribution in [2.45, 2.75) is 52.6 Å². The normalized spacial score (nSPS) is 17.8. The van der Waals surface area contributed by atoms with Crippen LogP contribution in [0.3, 0.4) is 0 Å². The minimum absolute atomic E-state index is 0.0572. The van der Waals surface area contributed by atoms with Crippen LogP contribution in [-0.4, -0.2) is 10.4 Å². The van der Waals surface area contributed by atoms with E-state index < -0.39 is 22.9 Å². The molecule has 154 valence electrons. The van der Waals surface area contributed by atoms with E-state index in [0.29, 0.717) is 23.6 Å². The molecule has 0 radical (unpaired) electrons. The molecule has 1 saturated carbocycles. The topological polar surface area (TPSA) is 58.1 Å². The summed E-state index contributed by atoms with van der Waals surface area (Å²) >= 11 is 1.22. The average Bonchev–Trinajstić information content (AvgIpc) is 3.16. The van der Waals surface area contributed by atoms with Crippen LogP contribution in [0.25, 0.3) is 10.6 Å². The molecule has 0 aromatic carbocycles. The Morgan fingerprint density at radius 2 is 1.90 bits per heavy atom. The van der Waals surface area contributed by atoms with Crippen LogP contribution in [0.2, 0.25) is 0 Å². The Balaban J connectivity index is 2.12. The SMILES string of the molecule is CC(C)(C)C1CCC(=Nn2c(-c3cccs3)cc(C(F)(F)F)c(C#N)c2=O)CC1. The Bertz CT molecular complexity index is 1010. The van der Waals surface area contributed by atoms with Crippen LogP contribution in [0, 0.1) is 22.7 Å². The van der Waals surface area contributed by atoms with Gasteiger partial charge < -0.3 is 0 Å².